The highest BCUT2D eigenvalue weighted by molar-refractivity contribution is 5.59. The SMILES string of the molecule is CC(C)(C)c1ccc2c(c1)C1OCCCC1C(c1cc(F)c(F)cc1F)N2. The number of anilines is 1. The van der Waals surface area contributed by atoms with Crippen molar-refractivity contribution >= 4 is 5.69 Å². The third-order valence-corrected chi connectivity index (χ3v) is 5.71. The molecule has 1 saturated heterocycles. The maximum absolute atomic E-state index is 14.5. The van der Waals surface area contributed by atoms with E-state index in [0.29, 0.717) is 12.7 Å². The van der Waals surface area contributed by atoms with E-state index in [1.165, 1.54) is 5.56 Å². The van der Waals surface area contributed by atoms with Crippen LogP contribution in [0.25, 0.3) is 0 Å². The zero-order valence-corrected chi connectivity index (χ0v) is 15.8. The van der Waals surface area contributed by atoms with E-state index in [-0.39, 0.29) is 23.0 Å². The minimum absolute atomic E-state index is 0.00222. The first-order chi connectivity index (χ1) is 12.8. The summed E-state index contributed by atoms with van der Waals surface area (Å²) in [6.45, 7) is 7.12. The van der Waals surface area contributed by atoms with Gasteiger partial charge in [0.25, 0.3) is 0 Å². The molecule has 0 spiro atoms. The van der Waals surface area contributed by atoms with Crippen LogP contribution in [0, 0.1) is 23.4 Å². The van der Waals surface area contributed by atoms with Crippen LogP contribution in [0.15, 0.2) is 30.3 Å². The van der Waals surface area contributed by atoms with Crippen LogP contribution in [0.3, 0.4) is 0 Å². The second-order valence-corrected chi connectivity index (χ2v) is 8.56. The van der Waals surface area contributed by atoms with E-state index in [1.807, 2.05) is 12.1 Å². The Hall–Kier alpha value is -2.01. The fraction of sp³-hybridized carbons (Fsp3) is 0.455. The van der Waals surface area contributed by atoms with Gasteiger partial charge < -0.3 is 10.1 Å². The molecule has 144 valence electrons. The maximum atomic E-state index is 14.5. The van der Waals surface area contributed by atoms with Crippen LogP contribution < -0.4 is 5.32 Å². The monoisotopic (exact) mass is 375 g/mol. The number of fused-ring (bicyclic) bond motifs is 3. The Balaban J connectivity index is 1.80. The number of rotatable bonds is 1. The number of hydrogen-bond acceptors (Lipinski definition) is 2. The molecule has 4 rings (SSSR count). The molecule has 0 radical (unpaired) electrons. The van der Waals surface area contributed by atoms with E-state index in [9.17, 15) is 13.2 Å². The van der Waals surface area contributed by atoms with Gasteiger partial charge in [-0.1, -0.05) is 32.9 Å². The van der Waals surface area contributed by atoms with Gasteiger partial charge in [-0.2, -0.15) is 0 Å². The van der Waals surface area contributed by atoms with Crippen molar-refractivity contribution in [3.8, 4) is 0 Å². The van der Waals surface area contributed by atoms with Crippen LogP contribution in [0.1, 0.15) is 62.4 Å². The number of halogens is 3. The molecule has 0 amide bonds. The van der Waals surface area contributed by atoms with Gasteiger partial charge in [0.1, 0.15) is 5.82 Å². The lowest BCUT2D eigenvalue weighted by atomic mass is 9.75. The summed E-state index contributed by atoms with van der Waals surface area (Å²) in [7, 11) is 0. The summed E-state index contributed by atoms with van der Waals surface area (Å²) in [6.07, 6.45) is 1.51. The van der Waals surface area contributed by atoms with Crippen LogP contribution in [0.5, 0.6) is 0 Å². The average molecular weight is 375 g/mol. The molecule has 2 nitrogen and oxygen atoms in total. The highest BCUT2D eigenvalue weighted by Gasteiger charge is 2.41. The van der Waals surface area contributed by atoms with Gasteiger partial charge in [-0.25, -0.2) is 13.2 Å². The molecule has 0 aromatic heterocycles. The minimum Gasteiger partial charge on any atom is -0.377 e. The fourth-order valence-electron chi connectivity index (χ4n) is 4.22. The standard InChI is InChI=1S/C22H24F3NO/c1-22(2,3)12-6-7-19-15(9-12)21-13(5-4-8-27-21)20(26-19)14-10-17(24)18(25)11-16(14)23/h6-7,9-11,13,20-21,26H,4-5,8H2,1-3H3. The summed E-state index contributed by atoms with van der Waals surface area (Å²) in [5, 5.41) is 3.37. The summed E-state index contributed by atoms with van der Waals surface area (Å²) in [5.74, 6) is -2.97. The molecule has 2 aliphatic rings. The van der Waals surface area contributed by atoms with Crippen molar-refractivity contribution in [2.75, 3.05) is 11.9 Å². The van der Waals surface area contributed by atoms with Crippen molar-refractivity contribution in [3.05, 3.63) is 64.5 Å². The van der Waals surface area contributed by atoms with Crippen LogP contribution in [-0.4, -0.2) is 6.61 Å². The lowest BCUT2D eigenvalue weighted by molar-refractivity contribution is -0.0385. The molecule has 2 heterocycles. The van der Waals surface area contributed by atoms with E-state index in [0.717, 1.165) is 30.2 Å². The summed E-state index contributed by atoms with van der Waals surface area (Å²) in [4.78, 5) is 0. The number of ether oxygens (including phenoxy) is 1. The zero-order chi connectivity index (χ0) is 19.3. The highest BCUT2D eigenvalue weighted by Crippen LogP contribution is 2.50. The Morgan fingerprint density at radius 2 is 1.70 bits per heavy atom. The molecular weight excluding hydrogens is 351 g/mol. The Kier molecular flexibility index (Phi) is 4.46. The summed E-state index contributed by atoms with van der Waals surface area (Å²) in [5.41, 5.74) is 3.28. The zero-order valence-electron chi connectivity index (χ0n) is 15.8. The maximum Gasteiger partial charge on any atom is 0.161 e. The van der Waals surface area contributed by atoms with Crippen molar-refractivity contribution in [1.29, 1.82) is 0 Å². The van der Waals surface area contributed by atoms with Crippen molar-refractivity contribution in [1.82, 2.24) is 0 Å². The van der Waals surface area contributed by atoms with E-state index >= 15 is 0 Å². The minimum atomic E-state index is -1.17. The van der Waals surface area contributed by atoms with Gasteiger partial charge >= 0.3 is 0 Å². The Morgan fingerprint density at radius 1 is 0.963 bits per heavy atom. The first kappa shape index (κ1) is 18.4. The molecule has 0 saturated carbocycles. The van der Waals surface area contributed by atoms with Gasteiger partial charge in [0.15, 0.2) is 11.6 Å². The second-order valence-electron chi connectivity index (χ2n) is 8.56. The van der Waals surface area contributed by atoms with E-state index in [4.69, 9.17) is 4.74 Å². The smallest absolute Gasteiger partial charge is 0.161 e. The normalized spacial score (nSPS) is 24.7. The van der Waals surface area contributed by atoms with Gasteiger partial charge in [-0.15, -0.1) is 0 Å². The third-order valence-electron chi connectivity index (χ3n) is 5.71. The summed E-state index contributed by atoms with van der Waals surface area (Å²) < 4.78 is 47.8. The fourth-order valence-corrected chi connectivity index (χ4v) is 4.22. The number of nitrogens with one attached hydrogen (secondary N) is 1. The molecule has 2 aromatic rings. The Bertz CT molecular complexity index is 875. The van der Waals surface area contributed by atoms with E-state index < -0.39 is 23.5 Å². The summed E-state index contributed by atoms with van der Waals surface area (Å²) in [6, 6.07) is 7.33. The molecule has 27 heavy (non-hydrogen) atoms. The van der Waals surface area contributed by atoms with Crippen molar-refractivity contribution in [3.63, 3.8) is 0 Å². The lowest BCUT2D eigenvalue weighted by Crippen LogP contribution is -2.36. The van der Waals surface area contributed by atoms with Crippen LogP contribution in [0.4, 0.5) is 18.9 Å². The quantitative estimate of drug-likeness (QED) is 0.614. The first-order valence-electron chi connectivity index (χ1n) is 9.42. The van der Waals surface area contributed by atoms with Crippen LogP contribution in [-0.2, 0) is 10.2 Å². The van der Waals surface area contributed by atoms with Crippen molar-refractivity contribution in [2.45, 2.75) is 51.2 Å². The van der Waals surface area contributed by atoms with Gasteiger partial charge in [-0.3, -0.25) is 0 Å². The van der Waals surface area contributed by atoms with Gasteiger partial charge in [-0.05, 0) is 36.0 Å². The van der Waals surface area contributed by atoms with Gasteiger partial charge in [0.2, 0.25) is 0 Å². The molecule has 0 aliphatic carbocycles. The van der Waals surface area contributed by atoms with E-state index in [1.54, 1.807) is 0 Å². The van der Waals surface area contributed by atoms with Crippen LogP contribution >= 0.6 is 0 Å². The highest BCUT2D eigenvalue weighted by atomic mass is 19.2. The molecular formula is C22H24F3NO. The van der Waals surface area contributed by atoms with Crippen LogP contribution in [0.2, 0.25) is 0 Å². The van der Waals surface area contributed by atoms with Crippen molar-refractivity contribution < 1.29 is 17.9 Å². The van der Waals surface area contributed by atoms with E-state index in [2.05, 4.69) is 32.2 Å². The molecule has 5 heteroatoms. The van der Waals surface area contributed by atoms with Gasteiger partial charge in [0.05, 0.1) is 12.1 Å². The van der Waals surface area contributed by atoms with Gasteiger partial charge in [0, 0.05) is 35.4 Å². The lowest BCUT2D eigenvalue weighted by Gasteiger charge is -2.44. The number of benzene rings is 2. The molecule has 2 aliphatic heterocycles. The number of hydrogen-bond donors (Lipinski definition) is 1. The molecule has 3 atom stereocenters. The molecule has 2 aromatic carbocycles. The topological polar surface area (TPSA) is 21.3 Å². The predicted octanol–water partition coefficient (Wildman–Crippen LogP) is 6.04. The predicted molar refractivity (Wildman–Crippen MR) is 99.2 cm³/mol. The molecule has 1 fully saturated rings. The van der Waals surface area contributed by atoms with Crippen molar-refractivity contribution in [2.24, 2.45) is 5.92 Å². The largest absolute Gasteiger partial charge is 0.377 e. The Morgan fingerprint density at radius 3 is 2.44 bits per heavy atom. The first-order valence-corrected chi connectivity index (χ1v) is 9.42. The second kappa shape index (κ2) is 6.55. The molecule has 3 unspecified atom stereocenters. The summed E-state index contributed by atoms with van der Waals surface area (Å²) >= 11 is 0. The Labute approximate surface area is 157 Å². The average Bonchev–Trinajstić information content (AvgIpc) is 2.63. The third kappa shape index (κ3) is 3.22. The molecule has 0 bridgehead atoms. The molecule has 1 N–H and O–H groups in total.